The van der Waals surface area contributed by atoms with Gasteiger partial charge in [-0.15, -0.1) is 0 Å². The quantitative estimate of drug-likeness (QED) is 0.588. The number of primary sulfonamides is 1. The molecule has 11 heteroatoms. The summed E-state index contributed by atoms with van der Waals surface area (Å²) in [4.78, 5) is 11.3. The van der Waals surface area contributed by atoms with Crippen LogP contribution in [0.3, 0.4) is 0 Å². The molecule has 8 nitrogen and oxygen atoms in total. The molecule has 0 fully saturated rings. The Bertz CT molecular complexity index is 1180. The number of carbonyl (C=O) groups is 1. The van der Waals surface area contributed by atoms with Gasteiger partial charge in [0.25, 0.3) is 0 Å². The molecule has 0 aliphatic rings. The molecule has 0 saturated carbocycles. The van der Waals surface area contributed by atoms with E-state index in [1.54, 1.807) is 18.2 Å². The number of hydrogen-bond donors (Lipinski definition) is 1. The molecular formula is C17H12BrClN3O5S-. The van der Waals surface area contributed by atoms with Crippen LogP contribution in [-0.4, -0.2) is 31.3 Å². The van der Waals surface area contributed by atoms with Crippen molar-refractivity contribution in [1.29, 1.82) is 0 Å². The SMILES string of the molecule is COc1ccc(-c2c(Cl)c(C(=O)[O-])nn2-c2ccc(S(N)(=O)=O)cc2)cc1Br. The fourth-order valence-corrected chi connectivity index (χ4v) is 3.92. The van der Waals surface area contributed by atoms with Crippen molar-refractivity contribution in [2.45, 2.75) is 4.90 Å². The predicted octanol–water partition coefficient (Wildman–Crippen LogP) is 1.97. The summed E-state index contributed by atoms with van der Waals surface area (Å²) in [6, 6.07) is 10.5. The van der Waals surface area contributed by atoms with Crippen LogP contribution in [-0.2, 0) is 10.0 Å². The molecule has 2 aromatic carbocycles. The molecule has 0 saturated heterocycles. The maximum atomic E-state index is 11.4. The molecule has 3 rings (SSSR count). The van der Waals surface area contributed by atoms with Crippen LogP contribution in [0, 0.1) is 0 Å². The topological polar surface area (TPSA) is 127 Å². The van der Waals surface area contributed by atoms with Gasteiger partial charge in [0.1, 0.15) is 11.4 Å². The Hall–Kier alpha value is -2.40. The first kappa shape index (κ1) is 20.3. The lowest BCUT2D eigenvalue weighted by Gasteiger charge is -2.11. The summed E-state index contributed by atoms with van der Waals surface area (Å²) in [5.41, 5.74) is 0.767. The number of carboxylic acids is 1. The molecule has 3 aromatic rings. The molecule has 0 atom stereocenters. The van der Waals surface area contributed by atoms with Crippen LogP contribution in [0.2, 0.25) is 5.02 Å². The van der Waals surface area contributed by atoms with Gasteiger partial charge in [-0.2, -0.15) is 5.10 Å². The third-order valence-electron chi connectivity index (χ3n) is 3.86. The number of methoxy groups -OCH3 is 1. The summed E-state index contributed by atoms with van der Waals surface area (Å²) in [5.74, 6) is -0.970. The van der Waals surface area contributed by atoms with Gasteiger partial charge >= 0.3 is 0 Å². The van der Waals surface area contributed by atoms with E-state index in [1.165, 1.54) is 36.1 Å². The van der Waals surface area contributed by atoms with Gasteiger partial charge in [-0.25, -0.2) is 18.2 Å². The predicted molar refractivity (Wildman–Crippen MR) is 104 cm³/mol. The van der Waals surface area contributed by atoms with Gasteiger partial charge in [0.2, 0.25) is 10.0 Å². The van der Waals surface area contributed by atoms with E-state index in [0.717, 1.165) is 0 Å². The van der Waals surface area contributed by atoms with Crippen LogP contribution < -0.4 is 15.0 Å². The van der Waals surface area contributed by atoms with Gasteiger partial charge in [0.05, 0.1) is 38.9 Å². The monoisotopic (exact) mass is 484 g/mol. The van der Waals surface area contributed by atoms with Crippen LogP contribution >= 0.6 is 27.5 Å². The van der Waals surface area contributed by atoms with Crippen LogP contribution in [0.15, 0.2) is 51.8 Å². The minimum atomic E-state index is -3.87. The van der Waals surface area contributed by atoms with Gasteiger partial charge < -0.3 is 14.6 Å². The van der Waals surface area contributed by atoms with Crippen molar-refractivity contribution < 1.29 is 23.1 Å². The van der Waals surface area contributed by atoms with E-state index in [4.69, 9.17) is 21.5 Å². The Morgan fingerprint density at radius 3 is 2.39 bits per heavy atom. The Labute approximate surface area is 173 Å². The fraction of sp³-hybridized carbons (Fsp3) is 0.0588. The minimum absolute atomic E-state index is 0.0941. The molecule has 146 valence electrons. The molecule has 0 radical (unpaired) electrons. The normalized spacial score (nSPS) is 11.4. The molecular weight excluding hydrogens is 474 g/mol. The average Bonchev–Trinajstić information content (AvgIpc) is 2.98. The number of halogens is 2. The summed E-state index contributed by atoms with van der Waals surface area (Å²) in [7, 11) is -2.36. The fourth-order valence-electron chi connectivity index (χ4n) is 2.56. The lowest BCUT2D eigenvalue weighted by molar-refractivity contribution is -0.255. The smallest absolute Gasteiger partial charge is 0.238 e. The van der Waals surface area contributed by atoms with Gasteiger partial charge in [-0.1, -0.05) is 11.6 Å². The zero-order valence-electron chi connectivity index (χ0n) is 14.2. The standard InChI is InChI=1S/C17H13BrClN3O5S/c1-27-13-7-2-9(8-12(13)18)16-14(19)15(17(23)24)21-22(16)10-3-5-11(6-4-10)28(20,25)26/h2-8H,1H3,(H,23,24)(H2,20,25,26)/p-1. The summed E-state index contributed by atoms with van der Waals surface area (Å²) in [6.45, 7) is 0. The number of carboxylic acid groups (broad SMARTS) is 1. The first-order chi connectivity index (χ1) is 13.1. The van der Waals surface area contributed by atoms with Gasteiger partial charge in [0, 0.05) is 5.56 Å². The van der Waals surface area contributed by atoms with E-state index in [0.29, 0.717) is 21.5 Å². The molecule has 1 heterocycles. The average molecular weight is 486 g/mol. The first-order valence-corrected chi connectivity index (χ1v) is 10.3. The van der Waals surface area contributed by atoms with Crippen molar-refractivity contribution in [2.75, 3.05) is 7.11 Å². The highest BCUT2D eigenvalue weighted by Gasteiger charge is 2.21. The second-order valence-electron chi connectivity index (χ2n) is 5.60. The number of sulfonamides is 1. The molecule has 1 aromatic heterocycles. The van der Waals surface area contributed by atoms with Crippen molar-refractivity contribution in [3.8, 4) is 22.7 Å². The van der Waals surface area contributed by atoms with Gasteiger partial charge in [0.15, 0.2) is 0 Å². The van der Waals surface area contributed by atoms with E-state index in [2.05, 4.69) is 21.0 Å². The maximum absolute atomic E-state index is 11.4. The zero-order chi connectivity index (χ0) is 20.6. The number of aromatic nitrogens is 2. The first-order valence-electron chi connectivity index (χ1n) is 7.60. The molecule has 0 spiro atoms. The number of hydrogen-bond acceptors (Lipinski definition) is 6. The van der Waals surface area contributed by atoms with E-state index in [1.807, 2.05) is 0 Å². The highest BCUT2D eigenvalue weighted by molar-refractivity contribution is 9.10. The number of nitrogens with zero attached hydrogens (tertiary/aromatic N) is 2. The molecule has 28 heavy (non-hydrogen) atoms. The molecule has 0 aliphatic heterocycles. The second kappa shape index (κ2) is 7.55. The van der Waals surface area contributed by atoms with E-state index >= 15 is 0 Å². The Kier molecular flexibility index (Phi) is 5.48. The Morgan fingerprint density at radius 1 is 1.25 bits per heavy atom. The highest BCUT2D eigenvalue weighted by atomic mass is 79.9. The number of nitrogens with two attached hydrogens (primary N) is 1. The maximum Gasteiger partial charge on any atom is 0.238 e. The lowest BCUT2D eigenvalue weighted by Crippen LogP contribution is -2.23. The number of carbonyl (C=O) groups excluding carboxylic acids is 1. The van der Waals surface area contributed by atoms with E-state index in [-0.39, 0.29) is 15.6 Å². The third-order valence-corrected chi connectivity index (χ3v) is 5.76. The largest absolute Gasteiger partial charge is 0.543 e. The zero-order valence-corrected chi connectivity index (χ0v) is 17.4. The van der Waals surface area contributed by atoms with Crippen molar-refractivity contribution in [1.82, 2.24) is 9.78 Å². The summed E-state index contributed by atoms with van der Waals surface area (Å²) in [5, 5.41) is 20.4. The van der Waals surface area contributed by atoms with Crippen LogP contribution in [0.4, 0.5) is 0 Å². The Morgan fingerprint density at radius 2 is 1.89 bits per heavy atom. The molecule has 2 N–H and O–H groups in total. The molecule has 0 aliphatic carbocycles. The number of aromatic carboxylic acids is 1. The van der Waals surface area contributed by atoms with Crippen molar-refractivity contribution >= 4 is 43.5 Å². The lowest BCUT2D eigenvalue weighted by atomic mass is 10.1. The van der Waals surface area contributed by atoms with Crippen molar-refractivity contribution in [2.24, 2.45) is 5.14 Å². The minimum Gasteiger partial charge on any atom is -0.543 e. The van der Waals surface area contributed by atoms with Crippen LogP contribution in [0.5, 0.6) is 5.75 Å². The van der Waals surface area contributed by atoms with Crippen molar-refractivity contribution in [3.05, 3.63) is 57.7 Å². The number of benzene rings is 2. The second-order valence-corrected chi connectivity index (χ2v) is 8.39. The highest BCUT2D eigenvalue weighted by Crippen LogP contribution is 2.36. The summed E-state index contributed by atoms with van der Waals surface area (Å²) in [6.07, 6.45) is 0. The molecule has 0 unspecified atom stereocenters. The number of rotatable bonds is 5. The Balaban J connectivity index is 2.23. The van der Waals surface area contributed by atoms with Crippen LogP contribution in [0.25, 0.3) is 16.9 Å². The molecule has 0 bridgehead atoms. The van der Waals surface area contributed by atoms with Crippen molar-refractivity contribution in [3.63, 3.8) is 0 Å². The number of ether oxygens (including phenoxy) is 1. The van der Waals surface area contributed by atoms with Crippen LogP contribution in [0.1, 0.15) is 10.5 Å². The van der Waals surface area contributed by atoms with Gasteiger partial charge in [-0.05, 0) is 58.4 Å². The third kappa shape index (κ3) is 3.76. The van der Waals surface area contributed by atoms with E-state index in [9.17, 15) is 18.3 Å². The van der Waals surface area contributed by atoms with E-state index < -0.39 is 21.7 Å². The van der Waals surface area contributed by atoms with Gasteiger partial charge in [-0.3, -0.25) is 0 Å². The summed E-state index contributed by atoms with van der Waals surface area (Å²) < 4.78 is 30.0. The summed E-state index contributed by atoms with van der Waals surface area (Å²) >= 11 is 9.64. The molecule has 0 amide bonds.